The van der Waals surface area contributed by atoms with E-state index in [9.17, 15) is 0 Å². The molecule has 0 aliphatic rings. The van der Waals surface area contributed by atoms with E-state index in [0.717, 1.165) is 19.6 Å². The van der Waals surface area contributed by atoms with Gasteiger partial charge in [0.05, 0.1) is 6.61 Å². The van der Waals surface area contributed by atoms with Crippen LogP contribution in [0.5, 0.6) is 0 Å². The average molecular weight is 201 g/mol. The van der Waals surface area contributed by atoms with Crippen LogP contribution in [0.2, 0.25) is 0 Å². The molecule has 0 fully saturated rings. The van der Waals surface area contributed by atoms with Crippen molar-refractivity contribution in [1.82, 2.24) is 4.90 Å². The predicted molar refractivity (Wildman–Crippen MR) is 62.7 cm³/mol. The minimum Gasteiger partial charge on any atom is -0.381 e. The Bertz CT molecular complexity index is 156. The second-order valence-electron chi connectivity index (χ2n) is 6.07. The fraction of sp³-hybridized carbons (Fsp3) is 1.00. The quantitative estimate of drug-likeness (QED) is 0.634. The molecule has 0 unspecified atom stereocenters. The van der Waals surface area contributed by atoms with E-state index in [4.69, 9.17) is 4.74 Å². The highest BCUT2D eigenvalue weighted by Crippen LogP contribution is 2.17. The topological polar surface area (TPSA) is 12.5 Å². The van der Waals surface area contributed by atoms with Crippen LogP contribution in [0.3, 0.4) is 0 Å². The summed E-state index contributed by atoms with van der Waals surface area (Å²) in [5, 5.41) is 0. The van der Waals surface area contributed by atoms with Crippen molar-refractivity contribution >= 4 is 0 Å². The maximum atomic E-state index is 5.66. The van der Waals surface area contributed by atoms with Crippen molar-refractivity contribution < 1.29 is 4.74 Å². The Morgan fingerprint density at radius 3 is 1.86 bits per heavy atom. The SMILES string of the molecule is CN(C)C(C)(C)CCOCC(C)(C)C. The molecule has 0 rings (SSSR count). The van der Waals surface area contributed by atoms with Crippen LogP contribution in [-0.4, -0.2) is 37.7 Å². The molecule has 86 valence electrons. The second-order valence-corrected chi connectivity index (χ2v) is 6.07. The Morgan fingerprint density at radius 2 is 1.50 bits per heavy atom. The molecule has 0 atom stereocenters. The maximum Gasteiger partial charge on any atom is 0.0514 e. The molecule has 0 heterocycles. The molecule has 0 bridgehead atoms. The van der Waals surface area contributed by atoms with Gasteiger partial charge in [0, 0.05) is 12.1 Å². The zero-order valence-electron chi connectivity index (χ0n) is 11.0. The van der Waals surface area contributed by atoms with Crippen molar-refractivity contribution in [3.63, 3.8) is 0 Å². The van der Waals surface area contributed by atoms with E-state index >= 15 is 0 Å². The van der Waals surface area contributed by atoms with Crippen LogP contribution >= 0.6 is 0 Å². The Kier molecular flexibility index (Phi) is 5.10. The van der Waals surface area contributed by atoms with Crippen molar-refractivity contribution in [3.05, 3.63) is 0 Å². The molecule has 0 aliphatic carbocycles. The molecule has 0 spiro atoms. The third kappa shape index (κ3) is 6.39. The molecule has 0 saturated carbocycles. The highest BCUT2D eigenvalue weighted by Gasteiger charge is 2.20. The summed E-state index contributed by atoms with van der Waals surface area (Å²) in [5.41, 5.74) is 0.514. The van der Waals surface area contributed by atoms with Crippen LogP contribution in [0.1, 0.15) is 41.0 Å². The van der Waals surface area contributed by atoms with Gasteiger partial charge in [0.1, 0.15) is 0 Å². The van der Waals surface area contributed by atoms with Gasteiger partial charge < -0.3 is 9.64 Å². The zero-order chi connectivity index (χ0) is 11.4. The molecular formula is C12H27NO. The number of nitrogens with zero attached hydrogens (tertiary/aromatic N) is 1. The van der Waals surface area contributed by atoms with E-state index in [1.165, 1.54) is 0 Å². The normalized spacial score (nSPS) is 13.7. The number of hydrogen-bond donors (Lipinski definition) is 0. The molecule has 0 aromatic rings. The summed E-state index contributed by atoms with van der Waals surface area (Å²) >= 11 is 0. The fourth-order valence-corrected chi connectivity index (χ4v) is 0.924. The number of rotatable bonds is 5. The third-order valence-corrected chi connectivity index (χ3v) is 2.60. The summed E-state index contributed by atoms with van der Waals surface area (Å²) in [7, 11) is 4.23. The largest absolute Gasteiger partial charge is 0.381 e. The van der Waals surface area contributed by atoms with E-state index in [1.54, 1.807) is 0 Å². The maximum absolute atomic E-state index is 5.66. The molecule has 0 aliphatic heterocycles. The lowest BCUT2D eigenvalue weighted by Gasteiger charge is -2.32. The summed E-state index contributed by atoms with van der Waals surface area (Å²) in [6.45, 7) is 12.8. The van der Waals surface area contributed by atoms with Gasteiger partial charge in [0.15, 0.2) is 0 Å². The van der Waals surface area contributed by atoms with Gasteiger partial charge in [-0.15, -0.1) is 0 Å². The Labute approximate surface area is 89.6 Å². The van der Waals surface area contributed by atoms with Gasteiger partial charge in [0.2, 0.25) is 0 Å². The van der Waals surface area contributed by atoms with Gasteiger partial charge in [0.25, 0.3) is 0 Å². The lowest BCUT2D eigenvalue weighted by molar-refractivity contribution is 0.0439. The Morgan fingerprint density at radius 1 is 1.00 bits per heavy atom. The summed E-state index contributed by atoms with van der Waals surface area (Å²) in [4.78, 5) is 2.24. The van der Waals surface area contributed by atoms with E-state index in [0.29, 0.717) is 0 Å². The van der Waals surface area contributed by atoms with Crippen LogP contribution in [0, 0.1) is 5.41 Å². The van der Waals surface area contributed by atoms with Crippen LogP contribution in [0.25, 0.3) is 0 Å². The molecule has 2 nitrogen and oxygen atoms in total. The fourth-order valence-electron chi connectivity index (χ4n) is 0.924. The second kappa shape index (κ2) is 5.13. The van der Waals surface area contributed by atoms with Crippen LogP contribution < -0.4 is 0 Å². The van der Waals surface area contributed by atoms with Gasteiger partial charge >= 0.3 is 0 Å². The first kappa shape index (κ1) is 13.9. The standard InChI is InChI=1S/C12H27NO/c1-11(2,3)10-14-9-8-12(4,5)13(6)7/h8-10H2,1-7H3. The van der Waals surface area contributed by atoms with Gasteiger partial charge in [-0.1, -0.05) is 20.8 Å². The van der Waals surface area contributed by atoms with Crippen molar-refractivity contribution in [1.29, 1.82) is 0 Å². The summed E-state index contributed by atoms with van der Waals surface area (Å²) in [5.74, 6) is 0. The molecule has 0 N–H and O–H groups in total. The highest BCUT2D eigenvalue weighted by atomic mass is 16.5. The van der Waals surface area contributed by atoms with Crippen molar-refractivity contribution in [2.45, 2.75) is 46.6 Å². The van der Waals surface area contributed by atoms with Crippen LogP contribution in [-0.2, 0) is 4.74 Å². The smallest absolute Gasteiger partial charge is 0.0514 e. The predicted octanol–water partition coefficient (Wildman–Crippen LogP) is 2.78. The minimum absolute atomic E-state index is 0.234. The molecule has 14 heavy (non-hydrogen) atoms. The Balaban J connectivity index is 3.65. The first-order valence-corrected chi connectivity index (χ1v) is 5.40. The van der Waals surface area contributed by atoms with Crippen LogP contribution in [0.4, 0.5) is 0 Å². The van der Waals surface area contributed by atoms with E-state index in [-0.39, 0.29) is 11.0 Å². The van der Waals surface area contributed by atoms with Crippen molar-refractivity contribution in [2.24, 2.45) is 5.41 Å². The lowest BCUT2D eigenvalue weighted by Crippen LogP contribution is -2.39. The molecule has 0 aromatic carbocycles. The van der Waals surface area contributed by atoms with E-state index in [1.807, 2.05) is 0 Å². The lowest BCUT2D eigenvalue weighted by atomic mass is 9.98. The molecule has 0 amide bonds. The number of ether oxygens (including phenoxy) is 1. The summed E-state index contributed by atoms with van der Waals surface area (Å²) in [6.07, 6.45) is 1.08. The molecular weight excluding hydrogens is 174 g/mol. The van der Waals surface area contributed by atoms with Gasteiger partial charge in [-0.2, -0.15) is 0 Å². The van der Waals surface area contributed by atoms with E-state index in [2.05, 4.69) is 53.6 Å². The molecule has 2 heteroatoms. The summed E-state index contributed by atoms with van der Waals surface area (Å²) < 4.78 is 5.66. The van der Waals surface area contributed by atoms with E-state index < -0.39 is 0 Å². The summed E-state index contributed by atoms with van der Waals surface area (Å²) in [6, 6.07) is 0. The van der Waals surface area contributed by atoms with Crippen LogP contribution in [0.15, 0.2) is 0 Å². The zero-order valence-corrected chi connectivity index (χ0v) is 11.0. The average Bonchev–Trinajstić information content (AvgIpc) is 1.96. The molecule has 0 radical (unpaired) electrons. The number of hydrogen-bond acceptors (Lipinski definition) is 2. The highest BCUT2D eigenvalue weighted by molar-refractivity contribution is 4.76. The third-order valence-electron chi connectivity index (χ3n) is 2.60. The molecule has 0 aromatic heterocycles. The van der Waals surface area contributed by atoms with Gasteiger partial charge in [-0.3, -0.25) is 0 Å². The van der Waals surface area contributed by atoms with Crippen molar-refractivity contribution in [2.75, 3.05) is 27.3 Å². The monoisotopic (exact) mass is 201 g/mol. The van der Waals surface area contributed by atoms with Gasteiger partial charge in [-0.25, -0.2) is 0 Å². The molecule has 0 saturated heterocycles. The first-order chi connectivity index (χ1) is 6.15. The first-order valence-electron chi connectivity index (χ1n) is 5.40. The minimum atomic E-state index is 0.234. The Hall–Kier alpha value is -0.0800. The van der Waals surface area contributed by atoms with Gasteiger partial charge in [-0.05, 0) is 39.8 Å². The van der Waals surface area contributed by atoms with Crippen molar-refractivity contribution in [3.8, 4) is 0 Å².